The van der Waals surface area contributed by atoms with Crippen LogP contribution in [0, 0.1) is 0 Å². The van der Waals surface area contributed by atoms with E-state index in [2.05, 4.69) is 16.7 Å². The second kappa shape index (κ2) is 5.27. The van der Waals surface area contributed by atoms with E-state index in [1.54, 1.807) is 12.4 Å². The summed E-state index contributed by atoms with van der Waals surface area (Å²) < 4.78 is 5.32. The Hall–Kier alpha value is -2.46. The molecule has 0 aliphatic carbocycles. The normalized spacial score (nSPS) is 12.4. The fourth-order valence-corrected chi connectivity index (χ4v) is 2.33. The number of pyridine rings is 1. The Morgan fingerprint density at radius 2 is 2.15 bits per heavy atom. The zero-order valence-electron chi connectivity index (χ0n) is 11.0. The van der Waals surface area contributed by atoms with Crippen molar-refractivity contribution in [2.24, 2.45) is 5.73 Å². The molecule has 2 N–H and O–H groups in total. The molecule has 4 heteroatoms. The molecule has 0 amide bonds. The van der Waals surface area contributed by atoms with Gasteiger partial charge in [0.1, 0.15) is 5.69 Å². The lowest BCUT2D eigenvalue weighted by Gasteiger charge is -2.13. The predicted octanol–water partition coefficient (Wildman–Crippen LogP) is 3.47. The number of aromatic nitrogens is 2. The van der Waals surface area contributed by atoms with Crippen molar-refractivity contribution in [2.75, 3.05) is 0 Å². The van der Waals surface area contributed by atoms with Crippen LogP contribution in [0.5, 0.6) is 0 Å². The van der Waals surface area contributed by atoms with Gasteiger partial charge in [0.25, 0.3) is 0 Å². The Kier molecular flexibility index (Phi) is 3.31. The van der Waals surface area contributed by atoms with Gasteiger partial charge in [-0.3, -0.25) is 4.98 Å². The first-order chi connectivity index (χ1) is 9.81. The molecule has 1 aromatic carbocycles. The van der Waals surface area contributed by atoms with E-state index < -0.39 is 0 Å². The van der Waals surface area contributed by atoms with Gasteiger partial charge in [-0.25, -0.2) is 0 Å². The van der Waals surface area contributed by atoms with Crippen LogP contribution in [-0.4, -0.2) is 10.1 Å². The number of fused-ring (bicyclic) bond motifs is 1. The summed E-state index contributed by atoms with van der Waals surface area (Å²) in [7, 11) is 0. The van der Waals surface area contributed by atoms with Crippen molar-refractivity contribution in [1.82, 2.24) is 10.1 Å². The topological polar surface area (TPSA) is 64.9 Å². The first-order valence-electron chi connectivity index (χ1n) is 6.46. The molecule has 100 valence electrons. The Bertz CT molecular complexity index is 748. The zero-order valence-corrected chi connectivity index (χ0v) is 11.0. The highest BCUT2D eigenvalue weighted by molar-refractivity contribution is 5.91. The summed E-state index contributed by atoms with van der Waals surface area (Å²) in [6.45, 7) is 3.75. The minimum atomic E-state index is -0.0997. The van der Waals surface area contributed by atoms with Crippen molar-refractivity contribution < 1.29 is 4.52 Å². The van der Waals surface area contributed by atoms with Gasteiger partial charge >= 0.3 is 0 Å². The number of nitrogens with two attached hydrogens (primary N) is 1. The second-order valence-electron chi connectivity index (χ2n) is 4.62. The molecular formula is C16H15N3O. The summed E-state index contributed by atoms with van der Waals surface area (Å²) >= 11 is 0. The SMILES string of the molecule is C=CCC(N)c1ccccc1-c1noc2cnccc12. The summed E-state index contributed by atoms with van der Waals surface area (Å²) in [6.07, 6.45) is 5.94. The lowest BCUT2D eigenvalue weighted by Crippen LogP contribution is -2.10. The van der Waals surface area contributed by atoms with Gasteiger partial charge in [-0.15, -0.1) is 6.58 Å². The largest absolute Gasteiger partial charge is 0.354 e. The second-order valence-corrected chi connectivity index (χ2v) is 4.62. The van der Waals surface area contributed by atoms with E-state index in [1.165, 1.54) is 0 Å². The van der Waals surface area contributed by atoms with Crippen molar-refractivity contribution in [3.8, 4) is 11.3 Å². The zero-order chi connectivity index (χ0) is 13.9. The molecule has 4 nitrogen and oxygen atoms in total. The van der Waals surface area contributed by atoms with Gasteiger partial charge in [-0.1, -0.05) is 35.5 Å². The minimum absolute atomic E-state index is 0.0997. The molecule has 0 saturated heterocycles. The molecule has 0 bridgehead atoms. The highest BCUT2D eigenvalue weighted by Gasteiger charge is 2.16. The average molecular weight is 265 g/mol. The molecule has 0 aliphatic heterocycles. The monoisotopic (exact) mass is 265 g/mol. The molecule has 3 rings (SSSR count). The Balaban J connectivity index is 2.17. The maximum absolute atomic E-state index is 6.21. The van der Waals surface area contributed by atoms with E-state index in [-0.39, 0.29) is 6.04 Å². The first-order valence-corrected chi connectivity index (χ1v) is 6.46. The Labute approximate surface area is 116 Å². The maximum Gasteiger partial charge on any atom is 0.185 e. The molecule has 1 atom stereocenters. The molecule has 20 heavy (non-hydrogen) atoms. The van der Waals surface area contributed by atoms with Gasteiger partial charge in [0.2, 0.25) is 0 Å². The van der Waals surface area contributed by atoms with Crippen molar-refractivity contribution in [1.29, 1.82) is 0 Å². The van der Waals surface area contributed by atoms with E-state index in [0.717, 1.165) is 22.2 Å². The van der Waals surface area contributed by atoms with Crippen molar-refractivity contribution >= 4 is 11.0 Å². The van der Waals surface area contributed by atoms with E-state index in [9.17, 15) is 0 Å². The Morgan fingerprint density at radius 1 is 1.30 bits per heavy atom. The molecular weight excluding hydrogens is 250 g/mol. The number of hydrogen-bond donors (Lipinski definition) is 1. The van der Waals surface area contributed by atoms with Crippen molar-refractivity contribution in [2.45, 2.75) is 12.5 Å². The van der Waals surface area contributed by atoms with Crippen molar-refractivity contribution in [3.05, 3.63) is 60.9 Å². The molecule has 0 spiro atoms. The third kappa shape index (κ3) is 2.10. The summed E-state index contributed by atoms with van der Waals surface area (Å²) in [4.78, 5) is 4.04. The third-order valence-corrected chi connectivity index (χ3v) is 3.31. The fraction of sp³-hybridized carbons (Fsp3) is 0.125. The van der Waals surface area contributed by atoms with E-state index in [1.807, 2.05) is 36.4 Å². The summed E-state index contributed by atoms with van der Waals surface area (Å²) in [5, 5.41) is 5.12. The predicted molar refractivity (Wildman–Crippen MR) is 79.0 cm³/mol. The van der Waals surface area contributed by atoms with E-state index in [4.69, 9.17) is 10.3 Å². The lowest BCUT2D eigenvalue weighted by atomic mass is 9.95. The van der Waals surface area contributed by atoms with Gasteiger partial charge in [0.05, 0.1) is 11.6 Å². The Morgan fingerprint density at radius 3 is 3.00 bits per heavy atom. The number of benzene rings is 1. The van der Waals surface area contributed by atoms with Gasteiger partial charge in [-0.05, 0) is 18.1 Å². The molecule has 0 saturated carbocycles. The van der Waals surface area contributed by atoms with Crippen molar-refractivity contribution in [3.63, 3.8) is 0 Å². The minimum Gasteiger partial charge on any atom is -0.354 e. The van der Waals surface area contributed by atoms with Gasteiger partial charge in [-0.2, -0.15) is 0 Å². The van der Waals surface area contributed by atoms with E-state index in [0.29, 0.717) is 12.0 Å². The molecule has 0 fully saturated rings. The van der Waals surface area contributed by atoms with Crippen LogP contribution in [0.15, 0.2) is 59.9 Å². The highest BCUT2D eigenvalue weighted by Crippen LogP contribution is 2.32. The quantitative estimate of drug-likeness (QED) is 0.733. The standard InChI is InChI=1S/C16H15N3O/c1-2-5-14(17)11-6-3-4-7-12(11)16-13-8-9-18-10-15(13)20-19-16/h2-4,6-10,14H,1,5,17H2. The van der Waals surface area contributed by atoms with Crippen LogP contribution in [0.25, 0.3) is 22.2 Å². The third-order valence-electron chi connectivity index (χ3n) is 3.31. The smallest absolute Gasteiger partial charge is 0.185 e. The summed E-state index contributed by atoms with van der Waals surface area (Å²) in [5.74, 6) is 0. The molecule has 2 heterocycles. The molecule has 1 unspecified atom stereocenters. The fourth-order valence-electron chi connectivity index (χ4n) is 2.33. The van der Waals surface area contributed by atoms with Crippen LogP contribution in [0.3, 0.4) is 0 Å². The van der Waals surface area contributed by atoms with Gasteiger partial charge in [0.15, 0.2) is 5.58 Å². The summed E-state index contributed by atoms with van der Waals surface area (Å²) in [6, 6.07) is 9.78. The van der Waals surface area contributed by atoms with Crippen LogP contribution in [0.2, 0.25) is 0 Å². The number of hydrogen-bond acceptors (Lipinski definition) is 4. The van der Waals surface area contributed by atoms with Gasteiger partial charge in [0, 0.05) is 17.8 Å². The van der Waals surface area contributed by atoms with Crippen LogP contribution >= 0.6 is 0 Å². The van der Waals surface area contributed by atoms with Crippen LogP contribution in [0.1, 0.15) is 18.0 Å². The lowest BCUT2D eigenvalue weighted by molar-refractivity contribution is 0.458. The first kappa shape index (κ1) is 12.6. The average Bonchev–Trinajstić information content (AvgIpc) is 2.91. The summed E-state index contributed by atoms with van der Waals surface area (Å²) in [5.41, 5.74) is 9.73. The van der Waals surface area contributed by atoms with Crippen LogP contribution < -0.4 is 5.73 Å². The number of rotatable bonds is 4. The molecule has 0 aliphatic rings. The molecule has 0 radical (unpaired) electrons. The maximum atomic E-state index is 6.21. The molecule has 2 aromatic heterocycles. The van der Waals surface area contributed by atoms with Gasteiger partial charge < -0.3 is 10.3 Å². The highest BCUT2D eigenvalue weighted by atomic mass is 16.5. The molecule has 3 aromatic rings. The van der Waals surface area contributed by atoms with Crippen LogP contribution in [0.4, 0.5) is 0 Å². The number of nitrogens with zero attached hydrogens (tertiary/aromatic N) is 2. The van der Waals surface area contributed by atoms with Crippen LogP contribution in [-0.2, 0) is 0 Å². The van der Waals surface area contributed by atoms with E-state index >= 15 is 0 Å².